The molecule has 0 radical (unpaired) electrons. The molecule has 550 valence electrons. The van der Waals surface area contributed by atoms with Crippen molar-refractivity contribution in [2.24, 2.45) is 0 Å². The molecule has 6 aromatic rings. The highest BCUT2D eigenvalue weighted by molar-refractivity contribution is 7.09. The smallest absolute Gasteiger partial charge is 0.421 e. The van der Waals surface area contributed by atoms with Crippen LogP contribution in [-0.4, -0.2) is 151 Å². The van der Waals surface area contributed by atoms with Gasteiger partial charge in [-0.15, -0.1) is 11.3 Å². The lowest BCUT2D eigenvalue weighted by Crippen LogP contribution is -2.49. The van der Waals surface area contributed by atoms with Crippen molar-refractivity contribution < 1.29 is 93.0 Å². The molecule has 3 aromatic heterocycles. The van der Waals surface area contributed by atoms with Crippen molar-refractivity contribution in [3.05, 3.63) is 183 Å². The molecule has 0 unspecified atom stereocenters. The first-order chi connectivity index (χ1) is 48.1. The van der Waals surface area contributed by atoms with Gasteiger partial charge in [-0.2, -0.15) is 39.5 Å². The van der Waals surface area contributed by atoms with Gasteiger partial charge >= 0.3 is 30.5 Å². The molecular weight excluding hydrogens is 1360 g/mol. The van der Waals surface area contributed by atoms with Crippen LogP contribution in [0.15, 0.2) is 133 Å². The number of thiazole rings is 1. The number of aliphatic hydroxyl groups is 3. The highest BCUT2D eigenvalue weighted by Crippen LogP contribution is 2.49. The van der Waals surface area contributed by atoms with Crippen LogP contribution in [0.3, 0.4) is 0 Å². The van der Waals surface area contributed by atoms with Gasteiger partial charge < -0.3 is 44.2 Å². The van der Waals surface area contributed by atoms with Crippen molar-refractivity contribution >= 4 is 41.0 Å². The van der Waals surface area contributed by atoms with Crippen molar-refractivity contribution in [3.63, 3.8) is 0 Å². The molecule has 6 aliphatic carbocycles. The number of amides is 3. The molecule has 0 aliphatic heterocycles. The van der Waals surface area contributed by atoms with Gasteiger partial charge in [-0.1, -0.05) is 48.5 Å². The van der Waals surface area contributed by atoms with E-state index in [0.717, 1.165) is 93.5 Å². The number of rotatable bonds is 18. The minimum absolute atomic E-state index is 0.0520. The van der Waals surface area contributed by atoms with E-state index in [2.05, 4.69) is 15.0 Å². The number of hydrogen-bond donors (Lipinski definition) is 3. The van der Waals surface area contributed by atoms with Gasteiger partial charge in [0.2, 0.25) is 0 Å². The third-order valence-corrected chi connectivity index (χ3v) is 22.5. The molecule has 3 aromatic carbocycles. The average molecular weight is 1450 g/mol. The van der Waals surface area contributed by atoms with Gasteiger partial charge in [0.15, 0.2) is 16.8 Å². The van der Waals surface area contributed by atoms with Crippen LogP contribution in [0.4, 0.5) is 39.5 Å². The zero-order valence-electron chi connectivity index (χ0n) is 57.5. The van der Waals surface area contributed by atoms with Gasteiger partial charge in [-0.25, -0.2) is 4.98 Å². The van der Waals surface area contributed by atoms with Gasteiger partial charge in [-0.3, -0.25) is 33.9 Å². The quantitative estimate of drug-likeness (QED) is 0.0538. The monoisotopic (exact) mass is 1450 g/mol. The zero-order chi connectivity index (χ0) is 74.0. The highest BCUT2D eigenvalue weighted by atomic mass is 32.1. The van der Waals surface area contributed by atoms with E-state index < -0.39 is 51.8 Å². The molecular formula is C75H85F9N6O11S. The number of alkyl halides is 9. The summed E-state index contributed by atoms with van der Waals surface area (Å²) < 4.78 is 134. The maximum atomic E-state index is 13.4. The molecule has 0 saturated heterocycles. The minimum Gasteiger partial charge on any atom is -0.468 e. The van der Waals surface area contributed by atoms with Crippen molar-refractivity contribution in [2.45, 2.75) is 224 Å². The normalized spacial score (nSPS) is 24.8. The molecule has 3 atom stereocenters. The van der Waals surface area contributed by atoms with Crippen molar-refractivity contribution in [1.29, 1.82) is 0 Å². The minimum atomic E-state index is -4.83. The first kappa shape index (κ1) is 76.8. The lowest BCUT2D eigenvalue weighted by Gasteiger charge is -2.42. The predicted octanol–water partition coefficient (Wildman–Crippen LogP) is 14.0. The summed E-state index contributed by atoms with van der Waals surface area (Å²) in [6.45, 7) is 2.10. The fourth-order valence-corrected chi connectivity index (χ4v) is 15.4. The van der Waals surface area contributed by atoms with Crippen LogP contribution in [0.25, 0.3) is 0 Å². The van der Waals surface area contributed by atoms with E-state index >= 15 is 0 Å². The van der Waals surface area contributed by atoms with Crippen LogP contribution in [0.5, 0.6) is 0 Å². The third-order valence-electron chi connectivity index (χ3n) is 21.5. The number of hydrogen-bond acceptors (Lipinski definition) is 15. The van der Waals surface area contributed by atoms with Crippen LogP contribution in [-0.2, 0) is 57.0 Å². The molecule has 0 bridgehead atoms. The highest BCUT2D eigenvalue weighted by Gasteiger charge is 2.56. The topological polar surface area (TPSA) is 222 Å². The molecule has 6 fully saturated rings. The van der Waals surface area contributed by atoms with Crippen LogP contribution in [0.2, 0.25) is 0 Å². The van der Waals surface area contributed by atoms with E-state index in [0.29, 0.717) is 89.1 Å². The Hall–Kier alpha value is -7.85. The lowest BCUT2D eigenvalue weighted by molar-refractivity contribution is -0.259. The first-order valence-corrected chi connectivity index (χ1v) is 35.1. The van der Waals surface area contributed by atoms with E-state index in [1.54, 1.807) is 49.2 Å². The zero-order valence-corrected chi connectivity index (χ0v) is 58.3. The van der Waals surface area contributed by atoms with Crippen molar-refractivity contribution in [3.8, 4) is 0 Å². The summed E-state index contributed by atoms with van der Waals surface area (Å²) in [4.78, 5) is 84.7. The molecule has 6 saturated carbocycles. The fraction of sp³-hybridized carbons (Fsp3) is 0.520. The second-order valence-electron chi connectivity index (χ2n) is 28.1. The van der Waals surface area contributed by atoms with Gasteiger partial charge in [0, 0.05) is 84.0 Å². The van der Waals surface area contributed by atoms with Crippen LogP contribution < -0.4 is 0 Å². The van der Waals surface area contributed by atoms with Crippen LogP contribution in [0.1, 0.15) is 201 Å². The van der Waals surface area contributed by atoms with Gasteiger partial charge in [0.05, 0.1) is 25.6 Å². The molecule has 3 heterocycles. The van der Waals surface area contributed by atoms with E-state index in [1.807, 2.05) is 44.3 Å². The van der Waals surface area contributed by atoms with E-state index in [4.69, 9.17) is 14.2 Å². The maximum absolute atomic E-state index is 13.4. The standard InChI is InChI=1S/2C26H29F3N2O4.C23H27F3N2O3S/c2*1-24(34,26(27,28)29)18-8-6-17(7-9-18)22(32)31(19-10-11-19)20-12-14-25(15-13-20,23(33)35-2)21-5-3-4-16-30-21;1-21(30,23(24,25)26)16-5-3-15(4-6-16)19(29)28(17-7-8-17)18-9-11-22(31-2,12-10-18)20-27-13-14-32-20/h2*3-9,16,19-20,34H,10-15H2,1-2H3;3-6,13-14,17-18,30H,7-12H2,1-2H3/t2*20?,24-,25?;18?,21-,22?/m000/s1. The summed E-state index contributed by atoms with van der Waals surface area (Å²) in [7, 11) is 4.42. The summed E-state index contributed by atoms with van der Waals surface area (Å²) in [6.07, 6.45) is 3.21. The number of ether oxygens (including phenoxy) is 3. The molecule has 17 nitrogen and oxygen atoms in total. The van der Waals surface area contributed by atoms with E-state index in [9.17, 15) is 78.8 Å². The third kappa shape index (κ3) is 15.8. The first-order valence-electron chi connectivity index (χ1n) is 34.2. The number of halogens is 9. The Morgan fingerprint density at radius 3 is 0.922 bits per heavy atom. The second kappa shape index (κ2) is 30.1. The largest absolute Gasteiger partial charge is 0.468 e. The van der Waals surface area contributed by atoms with Crippen molar-refractivity contribution in [1.82, 2.24) is 29.7 Å². The average Bonchev–Trinajstić information content (AvgIpc) is 1.51. The summed E-state index contributed by atoms with van der Waals surface area (Å²) in [5.74, 6) is -1.36. The van der Waals surface area contributed by atoms with Gasteiger partial charge in [0.1, 0.15) is 21.4 Å². The van der Waals surface area contributed by atoms with Crippen LogP contribution >= 0.6 is 11.3 Å². The Balaban J connectivity index is 0.000000165. The summed E-state index contributed by atoms with van der Waals surface area (Å²) in [6, 6.07) is 26.1. The summed E-state index contributed by atoms with van der Waals surface area (Å²) in [5.41, 5.74) is -9.87. The number of carbonyl (C=O) groups is 5. The fourth-order valence-electron chi connectivity index (χ4n) is 14.6. The Bertz CT molecular complexity index is 3670. The molecule has 12 rings (SSSR count). The number of methoxy groups -OCH3 is 3. The maximum Gasteiger partial charge on any atom is 0.421 e. The number of pyridine rings is 2. The molecule has 3 amide bonds. The molecule has 0 spiro atoms. The molecule has 27 heteroatoms. The van der Waals surface area contributed by atoms with Crippen molar-refractivity contribution in [2.75, 3.05) is 21.3 Å². The SMILES string of the molecule is COC(=O)C1(c2ccccn2)CCC(N(C(=O)c2ccc([C@](C)(O)C(F)(F)F)cc2)C2CC2)CC1.COC(=O)C1(c2ccccn2)CCC(N(C(=O)c2ccc([C@](C)(O)C(F)(F)F)cc2)C2CC2)CC1.COC1(c2nccs2)CCC(N(C(=O)c2ccc([C@](C)(O)C(F)(F)F)cc2)C2CC2)CC1. The predicted molar refractivity (Wildman–Crippen MR) is 357 cm³/mol. The number of esters is 2. The molecule has 6 aliphatic rings. The lowest BCUT2D eigenvalue weighted by atomic mass is 9.69. The molecule has 102 heavy (non-hydrogen) atoms. The number of nitrogens with zero attached hydrogens (tertiary/aromatic N) is 6. The Morgan fingerprint density at radius 2 is 0.696 bits per heavy atom. The van der Waals surface area contributed by atoms with E-state index in [1.165, 1.54) is 62.8 Å². The second-order valence-corrected chi connectivity index (χ2v) is 29.0. The number of aromatic nitrogens is 3. The van der Waals surface area contributed by atoms with E-state index in [-0.39, 0.29) is 93.7 Å². The Labute approximate surface area is 589 Å². The van der Waals surface area contributed by atoms with Crippen LogP contribution in [0, 0.1) is 0 Å². The number of carbonyl (C=O) groups excluding carboxylic acids is 5. The molecule has 3 N–H and O–H groups in total. The summed E-state index contributed by atoms with van der Waals surface area (Å²) in [5, 5.41) is 32.6. The Morgan fingerprint density at radius 1 is 0.412 bits per heavy atom. The van der Waals surface area contributed by atoms with Gasteiger partial charge in [-0.05, 0) is 214 Å². The summed E-state index contributed by atoms with van der Waals surface area (Å²) >= 11 is 1.57. The van der Waals surface area contributed by atoms with Gasteiger partial charge in [0.25, 0.3) is 17.7 Å². The number of benzene rings is 3. The Kier molecular flexibility index (Phi) is 22.6.